The number of piperidine rings is 1. The number of pyridine rings is 1. The standard InChI is InChI=1S/C29H34N4O5/c1-29(2,3)16-26(34)33-15-13-21(23(17-33)28(36)32-37)27(35)31-20-10-8-19(9-11-20)18-38-25-12-14-30-24-7-5-4-6-22(24)25/h4-12,14,21,23,37H,13,15-18H2,1-3H3,(H,31,35)(H,32,36)/t21-,23-/m0/s1. The molecule has 9 heteroatoms. The number of nitrogens with one attached hydrogen (secondary N) is 2. The number of para-hydroxylation sites is 1. The van der Waals surface area contributed by atoms with Crippen molar-refractivity contribution >= 4 is 34.3 Å². The van der Waals surface area contributed by atoms with Crippen LogP contribution in [0.4, 0.5) is 5.69 Å². The van der Waals surface area contributed by atoms with E-state index in [2.05, 4.69) is 10.3 Å². The van der Waals surface area contributed by atoms with Crippen molar-refractivity contribution in [1.29, 1.82) is 0 Å². The van der Waals surface area contributed by atoms with Crippen molar-refractivity contribution in [2.24, 2.45) is 17.3 Å². The molecule has 2 atom stereocenters. The zero-order valence-electron chi connectivity index (χ0n) is 21.9. The number of likely N-dealkylation sites (tertiary alicyclic amines) is 1. The van der Waals surface area contributed by atoms with Gasteiger partial charge in [0.15, 0.2) is 0 Å². The number of benzene rings is 2. The summed E-state index contributed by atoms with van der Waals surface area (Å²) in [7, 11) is 0. The summed E-state index contributed by atoms with van der Waals surface area (Å²) in [4.78, 5) is 44.2. The van der Waals surface area contributed by atoms with Crippen molar-refractivity contribution in [3.8, 4) is 5.75 Å². The first-order valence-electron chi connectivity index (χ1n) is 12.7. The largest absolute Gasteiger partial charge is 0.488 e. The lowest BCUT2D eigenvalue weighted by Gasteiger charge is -2.37. The van der Waals surface area contributed by atoms with Gasteiger partial charge in [0, 0.05) is 36.8 Å². The monoisotopic (exact) mass is 518 g/mol. The molecular weight excluding hydrogens is 484 g/mol. The van der Waals surface area contributed by atoms with Crippen LogP contribution in [0, 0.1) is 17.3 Å². The Balaban J connectivity index is 1.37. The molecule has 1 aliphatic heterocycles. The molecule has 0 spiro atoms. The SMILES string of the molecule is CC(C)(C)CC(=O)N1CC[C@H](C(=O)Nc2ccc(COc3ccnc4ccccc34)cc2)[C@@H](C(=O)NO)C1. The molecule has 1 saturated heterocycles. The van der Waals surface area contributed by atoms with Crippen LogP contribution in [0.5, 0.6) is 5.75 Å². The van der Waals surface area contributed by atoms with Crippen molar-refractivity contribution in [2.75, 3.05) is 18.4 Å². The van der Waals surface area contributed by atoms with Gasteiger partial charge in [-0.25, -0.2) is 5.48 Å². The van der Waals surface area contributed by atoms with Gasteiger partial charge in [0.2, 0.25) is 17.7 Å². The molecule has 3 N–H and O–H groups in total. The number of hydrogen-bond donors (Lipinski definition) is 3. The van der Waals surface area contributed by atoms with E-state index < -0.39 is 17.7 Å². The van der Waals surface area contributed by atoms with Crippen LogP contribution in [0.15, 0.2) is 60.8 Å². The molecule has 1 fully saturated rings. The van der Waals surface area contributed by atoms with Crippen molar-refractivity contribution in [3.63, 3.8) is 0 Å². The highest BCUT2D eigenvalue weighted by molar-refractivity contribution is 5.96. The zero-order valence-corrected chi connectivity index (χ0v) is 21.9. The quantitative estimate of drug-likeness (QED) is 0.319. The Kier molecular flexibility index (Phi) is 8.26. The molecule has 3 amide bonds. The number of aromatic nitrogens is 1. The first kappa shape index (κ1) is 27.1. The van der Waals surface area contributed by atoms with Crippen LogP contribution in [0.25, 0.3) is 10.9 Å². The van der Waals surface area contributed by atoms with Crippen LogP contribution in [-0.4, -0.2) is 45.9 Å². The maximum absolute atomic E-state index is 13.1. The van der Waals surface area contributed by atoms with Crippen molar-refractivity contribution in [1.82, 2.24) is 15.4 Å². The highest BCUT2D eigenvalue weighted by Crippen LogP contribution is 2.29. The minimum Gasteiger partial charge on any atom is -0.488 e. The van der Waals surface area contributed by atoms with Crippen LogP contribution < -0.4 is 15.5 Å². The van der Waals surface area contributed by atoms with Gasteiger partial charge in [0.05, 0.1) is 17.4 Å². The molecule has 0 saturated carbocycles. The molecule has 1 aromatic heterocycles. The number of hydrogen-bond acceptors (Lipinski definition) is 6. The maximum atomic E-state index is 13.1. The van der Waals surface area contributed by atoms with E-state index >= 15 is 0 Å². The Bertz CT molecular complexity index is 1300. The van der Waals surface area contributed by atoms with Gasteiger partial charge in [-0.2, -0.15) is 0 Å². The lowest BCUT2D eigenvalue weighted by Crippen LogP contribution is -2.52. The smallest absolute Gasteiger partial charge is 0.249 e. The van der Waals surface area contributed by atoms with Crippen molar-refractivity contribution in [3.05, 3.63) is 66.4 Å². The zero-order chi connectivity index (χ0) is 27.3. The number of rotatable bonds is 7. The Morgan fingerprint density at radius 1 is 1.03 bits per heavy atom. The van der Waals surface area contributed by atoms with E-state index in [4.69, 9.17) is 4.74 Å². The summed E-state index contributed by atoms with van der Waals surface area (Å²) >= 11 is 0. The number of carbonyl (C=O) groups is 3. The number of amides is 3. The summed E-state index contributed by atoms with van der Waals surface area (Å²) in [5.41, 5.74) is 3.84. The van der Waals surface area contributed by atoms with E-state index in [0.717, 1.165) is 22.2 Å². The van der Waals surface area contributed by atoms with Gasteiger partial charge in [-0.1, -0.05) is 45.0 Å². The van der Waals surface area contributed by atoms with E-state index in [0.29, 0.717) is 31.7 Å². The Hall–Kier alpha value is -3.98. The molecule has 2 heterocycles. The number of fused-ring (bicyclic) bond motifs is 1. The van der Waals surface area contributed by atoms with Crippen LogP contribution in [0.2, 0.25) is 0 Å². The summed E-state index contributed by atoms with van der Waals surface area (Å²) in [5.74, 6) is -1.84. The summed E-state index contributed by atoms with van der Waals surface area (Å²) in [5, 5.41) is 13.1. The normalized spacial score (nSPS) is 17.6. The lowest BCUT2D eigenvalue weighted by atomic mass is 9.83. The third-order valence-electron chi connectivity index (χ3n) is 6.66. The van der Waals surface area contributed by atoms with E-state index in [-0.39, 0.29) is 23.8 Å². The predicted molar refractivity (Wildman–Crippen MR) is 143 cm³/mol. The molecular formula is C29H34N4O5. The third kappa shape index (κ3) is 6.66. The first-order valence-corrected chi connectivity index (χ1v) is 12.7. The molecule has 4 rings (SSSR count). The van der Waals surface area contributed by atoms with Gasteiger partial charge in [0.25, 0.3) is 0 Å². The fourth-order valence-corrected chi connectivity index (χ4v) is 4.68. The molecule has 38 heavy (non-hydrogen) atoms. The molecule has 0 unspecified atom stereocenters. The van der Waals surface area contributed by atoms with Gasteiger partial charge in [0.1, 0.15) is 12.4 Å². The predicted octanol–water partition coefficient (Wildman–Crippen LogP) is 4.16. The Morgan fingerprint density at radius 3 is 2.47 bits per heavy atom. The molecule has 0 aliphatic carbocycles. The van der Waals surface area contributed by atoms with E-state index in [1.807, 2.05) is 63.2 Å². The van der Waals surface area contributed by atoms with E-state index in [1.165, 1.54) is 0 Å². The minimum absolute atomic E-state index is 0.0651. The fraction of sp³-hybridized carbons (Fsp3) is 0.379. The van der Waals surface area contributed by atoms with Gasteiger partial charge in [-0.15, -0.1) is 0 Å². The molecule has 200 valence electrons. The van der Waals surface area contributed by atoms with Gasteiger partial charge < -0.3 is 15.0 Å². The van der Waals surface area contributed by atoms with E-state index in [1.54, 1.807) is 28.7 Å². The van der Waals surface area contributed by atoms with Gasteiger partial charge >= 0.3 is 0 Å². The first-order chi connectivity index (χ1) is 18.1. The minimum atomic E-state index is -0.847. The van der Waals surface area contributed by atoms with Crippen LogP contribution >= 0.6 is 0 Å². The fourth-order valence-electron chi connectivity index (χ4n) is 4.68. The second-order valence-electron chi connectivity index (χ2n) is 10.9. The Morgan fingerprint density at radius 2 is 1.76 bits per heavy atom. The summed E-state index contributed by atoms with van der Waals surface area (Å²) in [6.07, 6.45) is 2.38. The molecule has 0 radical (unpaired) electrons. The highest BCUT2D eigenvalue weighted by Gasteiger charge is 2.40. The highest BCUT2D eigenvalue weighted by atomic mass is 16.5. The number of nitrogens with zero attached hydrogens (tertiary/aromatic N) is 2. The summed E-state index contributed by atoms with van der Waals surface area (Å²) in [6.45, 7) is 6.73. The van der Waals surface area contributed by atoms with Gasteiger partial charge in [-0.05, 0) is 47.7 Å². The van der Waals surface area contributed by atoms with Crippen LogP contribution in [-0.2, 0) is 21.0 Å². The van der Waals surface area contributed by atoms with Crippen LogP contribution in [0.3, 0.4) is 0 Å². The number of anilines is 1. The summed E-state index contributed by atoms with van der Waals surface area (Å²) < 4.78 is 6.01. The lowest BCUT2D eigenvalue weighted by molar-refractivity contribution is -0.146. The average Bonchev–Trinajstić information content (AvgIpc) is 2.91. The molecule has 3 aromatic rings. The Labute approximate surface area is 222 Å². The topological polar surface area (TPSA) is 121 Å². The number of hydroxylamine groups is 1. The maximum Gasteiger partial charge on any atom is 0.249 e. The molecule has 9 nitrogen and oxygen atoms in total. The second-order valence-corrected chi connectivity index (χ2v) is 10.9. The average molecular weight is 519 g/mol. The second kappa shape index (κ2) is 11.6. The molecule has 0 bridgehead atoms. The van der Waals surface area contributed by atoms with Crippen molar-refractivity contribution < 1.29 is 24.3 Å². The number of carbonyl (C=O) groups excluding carboxylic acids is 3. The molecule has 1 aliphatic rings. The summed E-state index contributed by atoms with van der Waals surface area (Å²) in [6, 6.07) is 16.9. The third-order valence-corrected chi connectivity index (χ3v) is 6.66. The molecule has 2 aromatic carbocycles. The van der Waals surface area contributed by atoms with Crippen molar-refractivity contribution in [2.45, 2.75) is 40.2 Å². The van der Waals surface area contributed by atoms with Crippen LogP contribution in [0.1, 0.15) is 39.2 Å². The number of ether oxygens (including phenoxy) is 1. The van der Waals surface area contributed by atoms with E-state index in [9.17, 15) is 19.6 Å². The van der Waals surface area contributed by atoms with Gasteiger partial charge in [-0.3, -0.25) is 24.6 Å².